The van der Waals surface area contributed by atoms with Crippen molar-refractivity contribution in [3.8, 4) is 0 Å². The minimum absolute atomic E-state index is 0.755. The zero-order valence-corrected chi connectivity index (χ0v) is 9.87. The van der Waals surface area contributed by atoms with Gasteiger partial charge in [0.05, 0.1) is 16.4 Å². The number of halogens is 1. The van der Waals surface area contributed by atoms with Gasteiger partial charge in [0.2, 0.25) is 0 Å². The molecule has 0 aliphatic carbocycles. The number of aromatic nitrogens is 3. The Labute approximate surface area is 96.3 Å². The lowest BCUT2D eigenvalue weighted by Crippen LogP contribution is -2.00. The van der Waals surface area contributed by atoms with Crippen LogP contribution in [0.15, 0.2) is 29.1 Å². The summed E-state index contributed by atoms with van der Waals surface area (Å²) < 4.78 is 0.964. The van der Waals surface area contributed by atoms with Crippen LogP contribution < -0.4 is 5.32 Å². The molecule has 0 radical (unpaired) electrons. The largest absolute Gasteiger partial charge is 0.380 e. The number of anilines is 1. The molecule has 0 amide bonds. The molecule has 4 nitrogen and oxygen atoms in total. The summed E-state index contributed by atoms with van der Waals surface area (Å²) >= 11 is 3.43. The third-order valence-electron chi connectivity index (χ3n) is 2.18. The molecule has 2 aromatic rings. The first-order chi connectivity index (χ1) is 7.27. The molecular formula is C10H11BrN4. The molecule has 2 rings (SSSR count). The molecule has 0 aliphatic rings. The summed E-state index contributed by atoms with van der Waals surface area (Å²) in [5.41, 5.74) is 3.29. The molecule has 0 saturated heterocycles. The van der Waals surface area contributed by atoms with Gasteiger partial charge in [-0.3, -0.25) is 10.1 Å². The van der Waals surface area contributed by atoms with Crippen molar-refractivity contribution in [3.05, 3.63) is 40.4 Å². The summed E-state index contributed by atoms with van der Waals surface area (Å²) in [5, 5.41) is 10.2. The third-order valence-corrected chi connectivity index (χ3v) is 2.81. The molecule has 0 aromatic carbocycles. The normalized spacial score (nSPS) is 10.3. The van der Waals surface area contributed by atoms with E-state index in [2.05, 4.69) is 36.4 Å². The fourth-order valence-corrected chi connectivity index (χ4v) is 1.65. The number of pyridine rings is 1. The fourth-order valence-electron chi connectivity index (χ4n) is 1.26. The van der Waals surface area contributed by atoms with E-state index in [1.165, 1.54) is 5.56 Å². The Hall–Kier alpha value is -1.36. The number of aromatic amines is 1. The molecule has 2 aromatic heterocycles. The Balaban J connectivity index is 2.06. The lowest BCUT2D eigenvalue weighted by Gasteiger charge is -2.06. The van der Waals surface area contributed by atoms with E-state index in [1.54, 1.807) is 12.4 Å². The van der Waals surface area contributed by atoms with Crippen LogP contribution in [-0.4, -0.2) is 15.2 Å². The van der Waals surface area contributed by atoms with E-state index < -0.39 is 0 Å². The zero-order chi connectivity index (χ0) is 10.7. The maximum Gasteiger partial charge on any atom is 0.0590 e. The van der Waals surface area contributed by atoms with Crippen LogP contribution in [-0.2, 0) is 6.54 Å². The molecule has 15 heavy (non-hydrogen) atoms. The van der Waals surface area contributed by atoms with Crippen molar-refractivity contribution in [2.75, 3.05) is 5.32 Å². The summed E-state index contributed by atoms with van der Waals surface area (Å²) in [6, 6.07) is 1.93. The quantitative estimate of drug-likeness (QED) is 0.898. The number of aryl methyl sites for hydroxylation is 1. The van der Waals surface area contributed by atoms with Crippen molar-refractivity contribution in [3.63, 3.8) is 0 Å². The standard InChI is InChI=1S/C10H11BrN4/c1-7-8(5-14-15-7)4-13-10-2-3-12-6-9(10)11/h2-3,5-6H,4H2,1H3,(H,12,13)(H,14,15). The smallest absolute Gasteiger partial charge is 0.0590 e. The van der Waals surface area contributed by atoms with Crippen LogP contribution >= 0.6 is 15.9 Å². The lowest BCUT2D eigenvalue weighted by molar-refractivity contribution is 1.04. The molecule has 0 saturated carbocycles. The second-order valence-corrected chi connectivity index (χ2v) is 4.08. The highest BCUT2D eigenvalue weighted by Crippen LogP contribution is 2.20. The Kier molecular flexibility index (Phi) is 3.01. The average molecular weight is 267 g/mol. The van der Waals surface area contributed by atoms with E-state index >= 15 is 0 Å². The molecule has 0 unspecified atom stereocenters. The maximum atomic E-state index is 4.00. The molecule has 0 aliphatic heterocycles. The first-order valence-corrected chi connectivity index (χ1v) is 5.39. The highest BCUT2D eigenvalue weighted by atomic mass is 79.9. The lowest BCUT2D eigenvalue weighted by atomic mass is 10.2. The van der Waals surface area contributed by atoms with Crippen molar-refractivity contribution in [1.29, 1.82) is 0 Å². The molecule has 0 spiro atoms. The minimum atomic E-state index is 0.755. The van der Waals surface area contributed by atoms with Crippen LogP contribution in [0.2, 0.25) is 0 Å². The van der Waals surface area contributed by atoms with E-state index in [0.717, 1.165) is 22.4 Å². The summed E-state index contributed by atoms with van der Waals surface area (Å²) in [6.45, 7) is 2.76. The monoisotopic (exact) mass is 266 g/mol. The summed E-state index contributed by atoms with van der Waals surface area (Å²) in [7, 11) is 0. The first kappa shape index (κ1) is 10.2. The van der Waals surface area contributed by atoms with Crippen molar-refractivity contribution in [2.45, 2.75) is 13.5 Å². The van der Waals surface area contributed by atoms with Gasteiger partial charge in [-0.2, -0.15) is 5.10 Å². The Morgan fingerprint density at radius 2 is 2.33 bits per heavy atom. The number of hydrogen-bond acceptors (Lipinski definition) is 3. The molecular weight excluding hydrogens is 256 g/mol. The van der Waals surface area contributed by atoms with E-state index in [9.17, 15) is 0 Å². The van der Waals surface area contributed by atoms with Crippen LogP contribution in [0.5, 0.6) is 0 Å². The predicted octanol–water partition coefficient (Wildman–Crippen LogP) is 2.49. The summed E-state index contributed by atoms with van der Waals surface area (Å²) in [6.07, 6.45) is 5.36. The molecule has 2 heterocycles. The number of hydrogen-bond donors (Lipinski definition) is 2. The van der Waals surface area contributed by atoms with E-state index in [1.807, 2.05) is 19.2 Å². The van der Waals surface area contributed by atoms with Gasteiger partial charge in [0, 0.05) is 30.2 Å². The molecule has 2 N–H and O–H groups in total. The Bertz CT molecular complexity index is 452. The van der Waals surface area contributed by atoms with Crippen LogP contribution in [0.4, 0.5) is 5.69 Å². The topological polar surface area (TPSA) is 53.6 Å². The summed E-state index contributed by atoms with van der Waals surface area (Å²) in [4.78, 5) is 4.00. The number of rotatable bonds is 3. The van der Waals surface area contributed by atoms with Crippen LogP contribution in [0.25, 0.3) is 0 Å². The molecule has 0 atom stereocenters. The highest BCUT2D eigenvalue weighted by Gasteiger charge is 2.01. The third kappa shape index (κ3) is 2.36. The molecule has 0 fully saturated rings. The van der Waals surface area contributed by atoms with E-state index in [4.69, 9.17) is 0 Å². The second kappa shape index (κ2) is 4.44. The number of H-pyrrole nitrogens is 1. The first-order valence-electron chi connectivity index (χ1n) is 4.59. The highest BCUT2D eigenvalue weighted by molar-refractivity contribution is 9.10. The Morgan fingerprint density at radius 3 is 3.00 bits per heavy atom. The average Bonchev–Trinajstić information content (AvgIpc) is 2.63. The SMILES string of the molecule is Cc1[nH]ncc1CNc1ccncc1Br. The van der Waals surface area contributed by atoms with Crippen LogP contribution in [0.3, 0.4) is 0 Å². The second-order valence-electron chi connectivity index (χ2n) is 3.23. The van der Waals surface area contributed by atoms with Gasteiger partial charge in [0.1, 0.15) is 0 Å². The fraction of sp³-hybridized carbons (Fsp3) is 0.200. The zero-order valence-electron chi connectivity index (χ0n) is 8.29. The number of nitrogens with one attached hydrogen (secondary N) is 2. The predicted molar refractivity (Wildman–Crippen MR) is 62.6 cm³/mol. The van der Waals surface area contributed by atoms with Crippen LogP contribution in [0.1, 0.15) is 11.3 Å². The van der Waals surface area contributed by atoms with Gasteiger partial charge in [-0.05, 0) is 28.9 Å². The van der Waals surface area contributed by atoms with Gasteiger partial charge in [-0.25, -0.2) is 0 Å². The van der Waals surface area contributed by atoms with Gasteiger partial charge in [-0.1, -0.05) is 0 Å². The van der Waals surface area contributed by atoms with Crippen molar-refractivity contribution >= 4 is 21.6 Å². The van der Waals surface area contributed by atoms with Crippen molar-refractivity contribution < 1.29 is 0 Å². The van der Waals surface area contributed by atoms with Gasteiger partial charge >= 0.3 is 0 Å². The van der Waals surface area contributed by atoms with Gasteiger partial charge < -0.3 is 5.32 Å². The minimum Gasteiger partial charge on any atom is -0.380 e. The molecule has 78 valence electrons. The number of nitrogens with zero attached hydrogens (tertiary/aromatic N) is 2. The van der Waals surface area contributed by atoms with Crippen LogP contribution in [0, 0.1) is 6.92 Å². The van der Waals surface area contributed by atoms with Gasteiger partial charge in [-0.15, -0.1) is 0 Å². The van der Waals surface area contributed by atoms with Gasteiger partial charge in [0.15, 0.2) is 0 Å². The van der Waals surface area contributed by atoms with Crippen molar-refractivity contribution in [1.82, 2.24) is 15.2 Å². The van der Waals surface area contributed by atoms with Gasteiger partial charge in [0.25, 0.3) is 0 Å². The molecule has 5 heteroatoms. The van der Waals surface area contributed by atoms with Crippen molar-refractivity contribution in [2.24, 2.45) is 0 Å². The summed E-state index contributed by atoms with van der Waals surface area (Å²) in [5.74, 6) is 0. The van der Waals surface area contributed by atoms with E-state index in [-0.39, 0.29) is 0 Å². The van der Waals surface area contributed by atoms with E-state index in [0.29, 0.717) is 0 Å². The molecule has 0 bridgehead atoms. The Morgan fingerprint density at radius 1 is 1.47 bits per heavy atom. The maximum absolute atomic E-state index is 4.00.